The lowest BCUT2D eigenvalue weighted by atomic mass is 10.2. The predicted octanol–water partition coefficient (Wildman–Crippen LogP) is 1.51. The summed E-state index contributed by atoms with van der Waals surface area (Å²) in [5.74, 6) is -0.0845. The summed E-state index contributed by atoms with van der Waals surface area (Å²) in [5.41, 5.74) is 1.30. The Hall–Kier alpha value is -2.91. The van der Waals surface area contributed by atoms with E-state index in [9.17, 15) is 18.0 Å². The summed E-state index contributed by atoms with van der Waals surface area (Å²) in [6, 6.07) is 13.3. The summed E-state index contributed by atoms with van der Waals surface area (Å²) >= 11 is 0. The number of carbonyl (C=O) groups is 2. The second-order valence-corrected chi connectivity index (χ2v) is 9.13. The molecule has 0 aliphatic rings. The van der Waals surface area contributed by atoms with Gasteiger partial charge in [-0.25, -0.2) is 12.7 Å². The van der Waals surface area contributed by atoms with Gasteiger partial charge in [0, 0.05) is 26.7 Å². The third-order valence-corrected chi connectivity index (χ3v) is 6.23. The van der Waals surface area contributed by atoms with Crippen LogP contribution in [0.1, 0.15) is 15.9 Å². The van der Waals surface area contributed by atoms with Crippen molar-refractivity contribution in [1.82, 2.24) is 14.5 Å². The van der Waals surface area contributed by atoms with Gasteiger partial charge < -0.3 is 15.0 Å². The van der Waals surface area contributed by atoms with E-state index in [4.69, 9.17) is 4.74 Å². The van der Waals surface area contributed by atoms with Crippen LogP contribution in [0.25, 0.3) is 0 Å². The fourth-order valence-corrected chi connectivity index (χ4v) is 3.41. The molecule has 0 saturated heterocycles. The molecule has 162 valence electrons. The van der Waals surface area contributed by atoms with Crippen LogP contribution < -0.4 is 10.1 Å². The van der Waals surface area contributed by atoms with E-state index in [-0.39, 0.29) is 22.9 Å². The molecular formula is C21H27N3O5S. The molecule has 0 spiro atoms. The number of sulfonamides is 1. The van der Waals surface area contributed by atoms with Crippen molar-refractivity contribution in [3.05, 3.63) is 59.7 Å². The zero-order valence-corrected chi connectivity index (χ0v) is 18.4. The molecule has 30 heavy (non-hydrogen) atoms. The summed E-state index contributed by atoms with van der Waals surface area (Å²) in [6.45, 7) is 2.47. The van der Waals surface area contributed by atoms with Crippen molar-refractivity contribution in [2.75, 3.05) is 40.8 Å². The SMILES string of the molecule is Cc1ccc(OCCN(C)C(=O)CNC(=O)c2cccc(S(=O)(=O)N(C)C)c2)cc1. The van der Waals surface area contributed by atoms with Crippen molar-refractivity contribution in [3.8, 4) is 5.75 Å². The Morgan fingerprint density at radius 2 is 1.70 bits per heavy atom. The van der Waals surface area contributed by atoms with Gasteiger partial charge in [0.05, 0.1) is 18.0 Å². The molecule has 8 nitrogen and oxygen atoms in total. The van der Waals surface area contributed by atoms with Gasteiger partial charge >= 0.3 is 0 Å². The van der Waals surface area contributed by atoms with Gasteiger partial charge in [0.25, 0.3) is 5.91 Å². The van der Waals surface area contributed by atoms with E-state index in [1.165, 1.54) is 43.3 Å². The summed E-state index contributed by atoms with van der Waals surface area (Å²) in [7, 11) is 0.805. The van der Waals surface area contributed by atoms with Crippen molar-refractivity contribution in [2.45, 2.75) is 11.8 Å². The van der Waals surface area contributed by atoms with Crippen LogP contribution in [0.2, 0.25) is 0 Å². The van der Waals surface area contributed by atoms with Gasteiger partial charge in [-0.05, 0) is 37.3 Å². The molecule has 0 bridgehead atoms. The van der Waals surface area contributed by atoms with Gasteiger partial charge in [-0.2, -0.15) is 0 Å². The van der Waals surface area contributed by atoms with E-state index in [1.807, 2.05) is 31.2 Å². The highest BCUT2D eigenvalue weighted by atomic mass is 32.2. The Morgan fingerprint density at radius 1 is 1.03 bits per heavy atom. The molecule has 2 rings (SSSR count). The first kappa shape index (κ1) is 23.4. The number of nitrogens with one attached hydrogen (secondary N) is 1. The summed E-state index contributed by atoms with van der Waals surface area (Å²) in [4.78, 5) is 26.0. The highest BCUT2D eigenvalue weighted by Gasteiger charge is 2.19. The molecule has 0 fully saturated rings. The van der Waals surface area contributed by atoms with Gasteiger partial charge in [-0.3, -0.25) is 9.59 Å². The standard InChI is InChI=1S/C21H27N3O5S/c1-16-8-10-18(11-9-16)29-13-12-24(4)20(25)15-22-21(26)17-6-5-7-19(14-17)30(27,28)23(2)3/h5-11,14H,12-13,15H2,1-4H3,(H,22,26). The topological polar surface area (TPSA) is 96.0 Å². The Kier molecular flexibility index (Phi) is 7.96. The van der Waals surface area contributed by atoms with Gasteiger partial charge in [-0.15, -0.1) is 0 Å². The maximum Gasteiger partial charge on any atom is 0.251 e. The number of amides is 2. The van der Waals surface area contributed by atoms with E-state index in [0.29, 0.717) is 13.2 Å². The molecule has 0 unspecified atom stereocenters. The fourth-order valence-electron chi connectivity index (χ4n) is 2.46. The van der Waals surface area contributed by atoms with E-state index >= 15 is 0 Å². The van der Waals surface area contributed by atoms with Gasteiger partial charge in [0.1, 0.15) is 12.4 Å². The van der Waals surface area contributed by atoms with Crippen LogP contribution in [0, 0.1) is 6.92 Å². The largest absolute Gasteiger partial charge is 0.492 e. The molecule has 0 heterocycles. The molecule has 2 aromatic rings. The van der Waals surface area contributed by atoms with Crippen LogP contribution in [0.15, 0.2) is 53.4 Å². The van der Waals surface area contributed by atoms with E-state index in [2.05, 4.69) is 5.32 Å². The molecule has 0 aromatic heterocycles. The number of likely N-dealkylation sites (N-methyl/N-ethyl adjacent to an activating group) is 1. The first-order valence-electron chi connectivity index (χ1n) is 9.35. The number of benzene rings is 2. The average molecular weight is 434 g/mol. The van der Waals surface area contributed by atoms with Crippen LogP contribution in [-0.4, -0.2) is 70.3 Å². The third-order valence-electron chi connectivity index (χ3n) is 4.42. The van der Waals surface area contributed by atoms with Gasteiger partial charge in [-0.1, -0.05) is 23.8 Å². The minimum Gasteiger partial charge on any atom is -0.492 e. The molecule has 9 heteroatoms. The predicted molar refractivity (Wildman–Crippen MR) is 114 cm³/mol. The second kappa shape index (κ2) is 10.2. The van der Waals surface area contributed by atoms with E-state index in [0.717, 1.165) is 15.6 Å². The number of carbonyl (C=O) groups excluding carboxylic acids is 2. The van der Waals surface area contributed by atoms with Crippen molar-refractivity contribution in [1.29, 1.82) is 0 Å². The van der Waals surface area contributed by atoms with Crippen LogP contribution in [-0.2, 0) is 14.8 Å². The zero-order valence-electron chi connectivity index (χ0n) is 17.6. The minimum absolute atomic E-state index is 0.0110. The maximum atomic E-state index is 12.3. The lowest BCUT2D eigenvalue weighted by Gasteiger charge is -2.18. The maximum absolute atomic E-state index is 12.3. The number of ether oxygens (including phenoxy) is 1. The molecule has 0 atom stereocenters. The van der Waals surface area contributed by atoms with Crippen LogP contribution in [0.3, 0.4) is 0 Å². The van der Waals surface area contributed by atoms with E-state index in [1.54, 1.807) is 7.05 Å². The quantitative estimate of drug-likeness (QED) is 0.647. The van der Waals surface area contributed by atoms with Crippen molar-refractivity contribution in [2.24, 2.45) is 0 Å². The number of rotatable bonds is 9. The molecule has 0 saturated carbocycles. The fraction of sp³-hybridized carbons (Fsp3) is 0.333. The Labute approximate surface area is 177 Å². The smallest absolute Gasteiger partial charge is 0.251 e. The first-order valence-corrected chi connectivity index (χ1v) is 10.8. The molecule has 2 amide bonds. The normalized spacial score (nSPS) is 11.2. The Bertz CT molecular complexity index is 988. The number of hydrogen-bond donors (Lipinski definition) is 1. The third kappa shape index (κ3) is 6.30. The first-order chi connectivity index (χ1) is 14.1. The van der Waals surface area contributed by atoms with Crippen molar-refractivity contribution >= 4 is 21.8 Å². The van der Waals surface area contributed by atoms with Gasteiger partial charge in [0.2, 0.25) is 15.9 Å². The van der Waals surface area contributed by atoms with Crippen LogP contribution >= 0.6 is 0 Å². The monoisotopic (exact) mass is 433 g/mol. The molecule has 0 aliphatic heterocycles. The zero-order chi connectivity index (χ0) is 22.3. The lowest BCUT2D eigenvalue weighted by molar-refractivity contribution is -0.129. The highest BCUT2D eigenvalue weighted by Crippen LogP contribution is 2.15. The molecule has 1 N–H and O–H groups in total. The number of hydrogen-bond acceptors (Lipinski definition) is 5. The van der Waals surface area contributed by atoms with E-state index < -0.39 is 15.9 Å². The summed E-state index contributed by atoms with van der Waals surface area (Å²) < 4.78 is 31.1. The van der Waals surface area contributed by atoms with Crippen LogP contribution in [0.4, 0.5) is 0 Å². The average Bonchev–Trinajstić information content (AvgIpc) is 2.73. The molecule has 2 aromatic carbocycles. The number of aryl methyl sites for hydroxylation is 1. The molecule has 0 aliphatic carbocycles. The number of nitrogens with zero attached hydrogens (tertiary/aromatic N) is 2. The molecular weight excluding hydrogens is 406 g/mol. The lowest BCUT2D eigenvalue weighted by Crippen LogP contribution is -2.39. The Morgan fingerprint density at radius 3 is 2.33 bits per heavy atom. The van der Waals surface area contributed by atoms with Crippen molar-refractivity contribution < 1.29 is 22.7 Å². The van der Waals surface area contributed by atoms with Gasteiger partial charge in [0.15, 0.2) is 0 Å². The van der Waals surface area contributed by atoms with Crippen LogP contribution in [0.5, 0.6) is 5.75 Å². The summed E-state index contributed by atoms with van der Waals surface area (Å²) in [5, 5.41) is 2.52. The summed E-state index contributed by atoms with van der Waals surface area (Å²) in [6.07, 6.45) is 0. The molecule has 0 radical (unpaired) electrons. The van der Waals surface area contributed by atoms with Crippen molar-refractivity contribution in [3.63, 3.8) is 0 Å². The Balaban J connectivity index is 1.85. The second-order valence-electron chi connectivity index (χ2n) is 6.97. The highest BCUT2D eigenvalue weighted by molar-refractivity contribution is 7.89. The minimum atomic E-state index is -3.65.